The van der Waals surface area contributed by atoms with Crippen LogP contribution in [-0.4, -0.2) is 69.3 Å². The molecule has 1 rings (SSSR count). The molecule has 8 nitrogen and oxygen atoms in total. The van der Waals surface area contributed by atoms with E-state index in [4.69, 9.17) is 5.11 Å². The topological polar surface area (TPSA) is 116 Å². The lowest BCUT2D eigenvalue weighted by molar-refractivity contribution is -0.140. The van der Waals surface area contributed by atoms with Crippen LogP contribution < -0.4 is 10.6 Å². The van der Waals surface area contributed by atoms with Crippen LogP contribution in [-0.2, 0) is 20.4 Å². The monoisotopic (exact) mass is 291 g/mol. The van der Waals surface area contributed by atoms with Crippen LogP contribution in [0.2, 0.25) is 0 Å². The third-order valence-corrected chi connectivity index (χ3v) is 3.91. The fourth-order valence-corrected chi connectivity index (χ4v) is 2.81. The predicted molar refractivity (Wildman–Crippen MR) is 68.1 cm³/mol. The molecule has 1 unspecified atom stereocenters. The number of carbonyl (C=O) groups is 3. The highest BCUT2D eigenvalue weighted by molar-refractivity contribution is 7.85. The number of rotatable bonds is 7. The smallest absolute Gasteiger partial charge is 0.327 e. The highest BCUT2D eigenvalue weighted by atomic mass is 32.2. The number of carboxylic acid groups (broad SMARTS) is 1. The number of hydrogen-bond donors (Lipinski definition) is 3. The Balaban J connectivity index is 2.37. The van der Waals surface area contributed by atoms with E-state index in [0.29, 0.717) is 19.6 Å². The Morgan fingerprint density at radius 2 is 2.26 bits per heavy atom. The van der Waals surface area contributed by atoms with E-state index in [1.54, 1.807) is 0 Å². The molecular formula is C10H17N3O5S. The van der Waals surface area contributed by atoms with E-state index in [1.165, 1.54) is 11.8 Å². The zero-order valence-electron chi connectivity index (χ0n) is 10.5. The van der Waals surface area contributed by atoms with E-state index >= 15 is 0 Å². The Morgan fingerprint density at radius 3 is 2.74 bits per heavy atom. The van der Waals surface area contributed by atoms with Crippen molar-refractivity contribution in [2.45, 2.75) is 13.0 Å². The summed E-state index contributed by atoms with van der Waals surface area (Å²) in [5.74, 6) is -1.67. The number of hydrogen-bond acceptors (Lipinski definition) is 4. The first kappa shape index (κ1) is 15.4. The average molecular weight is 291 g/mol. The Morgan fingerprint density at radius 1 is 1.58 bits per heavy atom. The molecule has 1 fully saturated rings. The van der Waals surface area contributed by atoms with Gasteiger partial charge in [-0.1, -0.05) is 0 Å². The second kappa shape index (κ2) is 7.07. The molecule has 2 atom stereocenters. The first-order valence-electron chi connectivity index (χ1n) is 5.78. The van der Waals surface area contributed by atoms with Crippen molar-refractivity contribution in [3.05, 3.63) is 0 Å². The van der Waals surface area contributed by atoms with E-state index in [1.807, 2.05) is 0 Å². The summed E-state index contributed by atoms with van der Waals surface area (Å²) in [7, 11) is -1.42. The SMILES string of the molecule is CC(=O)N[C@@H](CS(=O)CCN1CCNC1=O)C(=O)O. The largest absolute Gasteiger partial charge is 0.480 e. The Kier molecular flexibility index (Phi) is 5.74. The maximum atomic E-state index is 11.7. The number of nitrogens with zero attached hydrogens (tertiary/aromatic N) is 1. The molecule has 0 aromatic heterocycles. The van der Waals surface area contributed by atoms with Crippen molar-refractivity contribution in [3.8, 4) is 0 Å². The number of aliphatic carboxylic acids is 1. The van der Waals surface area contributed by atoms with Crippen LogP contribution in [0.1, 0.15) is 6.92 Å². The second-order valence-corrected chi connectivity index (χ2v) is 5.74. The highest BCUT2D eigenvalue weighted by Crippen LogP contribution is 1.98. The Bertz CT molecular complexity index is 401. The summed E-state index contributed by atoms with van der Waals surface area (Å²) >= 11 is 0. The van der Waals surface area contributed by atoms with Crippen LogP contribution in [0.3, 0.4) is 0 Å². The van der Waals surface area contributed by atoms with Crippen molar-refractivity contribution in [2.24, 2.45) is 0 Å². The Hall–Kier alpha value is -1.64. The summed E-state index contributed by atoms with van der Waals surface area (Å²) in [6.45, 7) is 2.64. The molecule has 3 N–H and O–H groups in total. The second-order valence-electron chi connectivity index (χ2n) is 4.12. The van der Waals surface area contributed by atoms with Gasteiger partial charge in [-0.25, -0.2) is 9.59 Å². The lowest BCUT2D eigenvalue weighted by Gasteiger charge is -2.15. The van der Waals surface area contributed by atoms with Crippen molar-refractivity contribution < 1.29 is 23.7 Å². The molecule has 3 amide bonds. The van der Waals surface area contributed by atoms with Crippen LogP contribution in [0, 0.1) is 0 Å². The van der Waals surface area contributed by atoms with Crippen molar-refractivity contribution >= 4 is 28.7 Å². The van der Waals surface area contributed by atoms with E-state index in [9.17, 15) is 18.6 Å². The zero-order chi connectivity index (χ0) is 14.4. The lowest BCUT2D eigenvalue weighted by atomic mass is 10.3. The minimum Gasteiger partial charge on any atom is -0.480 e. The van der Waals surface area contributed by atoms with Gasteiger partial charge in [0.15, 0.2) is 0 Å². The molecule has 0 aromatic carbocycles. The van der Waals surface area contributed by atoms with Gasteiger partial charge in [0.2, 0.25) is 5.91 Å². The van der Waals surface area contributed by atoms with Crippen molar-refractivity contribution in [3.63, 3.8) is 0 Å². The first-order chi connectivity index (χ1) is 8.90. The van der Waals surface area contributed by atoms with Crippen LogP contribution in [0.5, 0.6) is 0 Å². The fraction of sp³-hybridized carbons (Fsp3) is 0.700. The van der Waals surface area contributed by atoms with Gasteiger partial charge in [-0.3, -0.25) is 9.00 Å². The maximum absolute atomic E-state index is 11.7. The third-order valence-electron chi connectivity index (χ3n) is 2.56. The standard InChI is InChI=1S/C10H17N3O5S/c1-7(14)12-8(9(15)16)6-19(18)5-4-13-3-2-11-10(13)17/h8H,2-6H2,1H3,(H,11,17)(H,12,14)(H,15,16)/t8-,19?/m0/s1. The van der Waals surface area contributed by atoms with Crippen LogP contribution >= 0.6 is 0 Å². The summed E-state index contributed by atoms with van der Waals surface area (Å²) in [6.07, 6.45) is 0. The van der Waals surface area contributed by atoms with Gasteiger partial charge in [0.1, 0.15) is 6.04 Å². The Labute approximate surface area is 113 Å². The maximum Gasteiger partial charge on any atom is 0.327 e. The quantitative estimate of drug-likeness (QED) is 0.520. The van der Waals surface area contributed by atoms with Crippen molar-refractivity contribution in [1.29, 1.82) is 0 Å². The number of carboxylic acids is 1. The molecule has 0 bridgehead atoms. The molecular weight excluding hydrogens is 274 g/mol. The number of urea groups is 1. The summed E-state index contributed by atoms with van der Waals surface area (Å²) in [4.78, 5) is 34.4. The number of amides is 3. The van der Waals surface area contributed by atoms with Gasteiger partial charge >= 0.3 is 12.0 Å². The molecule has 0 radical (unpaired) electrons. The zero-order valence-corrected chi connectivity index (χ0v) is 11.4. The number of carbonyl (C=O) groups excluding carboxylic acids is 2. The number of nitrogens with one attached hydrogen (secondary N) is 2. The van der Waals surface area contributed by atoms with Gasteiger partial charge in [0, 0.05) is 43.1 Å². The summed E-state index contributed by atoms with van der Waals surface area (Å²) < 4.78 is 11.7. The van der Waals surface area contributed by atoms with Gasteiger partial charge in [-0.05, 0) is 0 Å². The molecule has 1 saturated heterocycles. The molecule has 0 aromatic rings. The summed E-state index contributed by atoms with van der Waals surface area (Å²) in [5.41, 5.74) is 0. The van der Waals surface area contributed by atoms with Crippen LogP contribution in [0.25, 0.3) is 0 Å². The van der Waals surface area contributed by atoms with Crippen LogP contribution in [0.4, 0.5) is 4.79 Å². The molecule has 0 aliphatic carbocycles. The molecule has 1 aliphatic rings. The van der Waals surface area contributed by atoms with Crippen molar-refractivity contribution in [1.82, 2.24) is 15.5 Å². The van der Waals surface area contributed by atoms with Gasteiger partial charge in [-0.15, -0.1) is 0 Å². The van der Waals surface area contributed by atoms with Gasteiger partial charge < -0.3 is 20.6 Å². The lowest BCUT2D eigenvalue weighted by Crippen LogP contribution is -2.44. The van der Waals surface area contributed by atoms with E-state index in [0.717, 1.165) is 0 Å². The molecule has 0 spiro atoms. The minimum atomic E-state index is -1.42. The summed E-state index contributed by atoms with van der Waals surface area (Å²) in [6, 6.07) is -1.36. The van der Waals surface area contributed by atoms with E-state index in [-0.39, 0.29) is 17.5 Å². The van der Waals surface area contributed by atoms with Crippen molar-refractivity contribution in [2.75, 3.05) is 31.1 Å². The van der Waals surface area contributed by atoms with E-state index in [2.05, 4.69) is 10.6 Å². The van der Waals surface area contributed by atoms with Gasteiger partial charge in [0.05, 0.1) is 5.75 Å². The van der Waals surface area contributed by atoms with E-state index < -0.39 is 28.7 Å². The highest BCUT2D eigenvalue weighted by Gasteiger charge is 2.23. The molecule has 1 heterocycles. The first-order valence-corrected chi connectivity index (χ1v) is 7.26. The van der Waals surface area contributed by atoms with Gasteiger partial charge in [-0.2, -0.15) is 0 Å². The summed E-state index contributed by atoms with van der Waals surface area (Å²) in [5, 5.41) is 13.7. The van der Waals surface area contributed by atoms with Gasteiger partial charge in [0.25, 0.3) is 0 Å². The minimum absolute atomic E-state index is 0.162. The van der Waals surface area contributed by atoms with Crippen LogP contribution in [0.15, 0.2) is 0 Å². The fourth-order valence-electron chi connectivity index (χ4n) is 1.63. The average Bonchev–Trinajstić information content (AvgIpc) is 2.70. The normalized spacial score (nSPS) is 17.7. The third kappa shape index (κ3) is 5.25. The molecule has 108 valence electrons. The molecule has 19 heavy (non-hydrogen) atoms. The molecule has 9 heteroatoms. The predicted octanol–water partition coefficient (Wildman–Crippen LogP) is -1.65. The molecule has 0 saturated carbocycles. The molecule has 1 aliphatic heterocycles.